The van der Waals surface area contributed by atoms with Gasteiger partial charge in [-0.3, -0.25) is 9.78 Å². The molecule has 3 atom stereocenters. The number of aliphatic hydroxyl groups is 1. The number of rotatable bonds is 4. The summed E-state index contributed by atoms with van der Waals surface area (Å²) in [5.41, 5.74) is 2.44. The predicted molar refractivity (Wildman–Crippen MR) is 94.6 cm³/mol. The summed E-state index contributed by atoms with van der Waals surface area (Å²) < 4.78 is 0. The fraction of sp³-hybridized carbons (Fsp3) is 0.250. The predicted octanol–water partition coefficient (Wildman–Crippen LogP) is 2.61. The molecule has 5 heteroatoms. The van der Waals surface area contributed by atoms with Crippen molar-refractivity contribution in [3.63, 3.8) is 0 Å². The third kappa shape index (κ3) is 3.04. The number of pyridine rings is 1. The third-order valence-corrected chi connectivity index (χ3v) is 4.55. The maximum absolute atomic E-state index is 12.7. The number of amides is 1. The summed E-state index contributed by atoms with van der Waals surface area (Å²) in [5, 5.41) is 19.4. The second kappa shape index (κ2) is 7.29. The minimum absolute atomic E-state index is 0.189. The number of likely N-dealkylation sites (tertiary alicyclic amines) is 1. The monoisotopic (exact) mass is 333 g/mol. The number of nitriles is 1. The van der Waals surface area contributed by atoms with E-state index in [0.29, 0.717) is 5.56 Å². The van der Waals surface area contributed by atoms with Gasteiger partial charge < -0.3 is 10.0 Å². The molecule has 0 aliphatic carbocycles. The number of carbonyl (C=O) groups excluding carboxylic acids is 1. The summed E-state index contributed by atoms with van der Waals surface area (Å²) in [4.78, 5) is 18.1. The van der Waals surface area contributed by atoms with Gasteiger partial charge in [-0.15, -0.1) is 0 Å². The van der Waals surface area contributed by atoms with E-state index in [1.807, 2.05) is 43.3 Å². The Morgan fingerprint density at radius 1 is 1.36 bits per heavy atom. The zero-order valence-electron chi connectivity index (χ0n) is 13.9. The van der Waals surface area contributed by atoms with Gasteiger partial charge in [0.1, 0.15) is 6.04 Å². The van der Waals surface area contributed by atoms with Crippen molar-refractivity contribution in [1.82, 2.24) is 9.88 Å². The van der Waals surface area contributed by atoms with Crippen LogP contribution in [0.15, 0.2) is 54.9 Å². The van der Waals surface area contributed by atoms with Gasteiger partial charge in [-0.1, -0.05) is 36.4 Å². The van der Waals surface area contributed by atoms with Gasteiger partial charge in [0.2, 0.25) is 0 Å². The molecule has 0 saturated carbocycles. The Labute approximate surface area is 146 Å². The average molecular weight is 333 g/mol. The SMILES string of the molecule is CC=Cc1ccc([C@@H]2[C@@H](C#N)N(C(=O)c3cccnc3)[C@@H]2CO)cc1. The third-order valence-electron chi connectivity index (χ3n) is 4.55. The first-order valence-electron chi connectivity index (χ1n) is 8.17. The first kappa shape index (κ1) is 16.9. The number of hydrogen-bond donors (Lipinski definition) is 1. The van der Waals surface area contributed by atoms with Gasteiger partial charge in [0.25, 0.3) is 5.91 Å². The Morgan fingerprint density at radius 3 is 2.68 bits per heavy atom. The molecule has 2 aromatic rings. The van der Waals surface area contributed by atoms with E-state index in [0.717, 1.165) is 11.1 Å². The molecule has 3 rings (SSSR count). The highest BCUT2D eigenvalue weighted by atomic mass is 16.3. The molecule has 1 N–H and O–H groups in total. The van der Waals surface area contributed by atoms with Gasteiger partial charge in [-0.25, -0.2) is 0 Å². The molecule has 1 aliphatic rings. The number of nitrogens with zero attached hydrogens (tertiary/aromatic N) is 3. The first-order valence-corrected chi connectivity index (χ1v) is 8.17. The highest BCUT2D eigenvalue weighted by molar-refractivity contribution is 5.95. The van der Waals surface area contributed by atoms with Crippen LogP contribution in [0.4, 0.5) is 0 Å². The number of aliphatic hydroxyl groups excluding tert-OH is 1. The van der Waals surface area contributed by atoms with E-state index in [-0.39, 0.29) is 18.4 Å². The van der Waals surface area contributed by atoms with Gasteiger partial charge in [-0.2, -0.15) is 5.26 Å². The maximum Gasteiger partial charge on any atom is 0.256 e. The number of carbonyl (C=O) groups is 1. The van der Waals surface area contributed by atoms with Gasteiger partial charge >= 0.3 is 0 Å². The first-order chi connectivity index (χ1) is 12.2. The van der Waals surface area contributed by atoms with Gasteiger partial charge in [0, 0.05) is 18.3 Å². The van der Waals surface area contributed by atoms with Crippen LogP contribution in [0.1, 0.15) is 34.3 Å². The molecule has 1 aromatic carbocycles. The second-order valence-electron chi connectivity index (χ2n) is 5.97. The quantitative estimate of drug-likeness (QED) is 0.933. The molecule has 1 aromatic heterocycles. The van der Waals surface area contributed by atoms with Crippen LogP contribution in [0.25, 0.3) is 6.08 Å². The molecular weight excluding hydrogens is 314 g/mol. The van der Waals surface area contributed by atoms with E-state index >= 15 is 0 Å². The molecule has 2 heterocycles. The molecule has 5 nitrogen and oxygen atoms in total. The minimum atomic E-state index is -0.600. The second-order valence-corrected chi connectivity index (χ2v) is 5.97. The Morgan fingerprint density at radius 2 is 2.12 bits per heavy atom. The fourth-order valence-corrected chi connectivity index (χ4v) is 3.35. The summed E-state index contributed by atoms with van der Waals surface area (Å²) >= 11 is 0. The molecule has 0 bridgehead atoms. The average Bonchev–Trinajstić information content (AvgIpc) is 2.64. The summed E-state index contributed by atoms with van der Waals surface area (Å²) in [6, 6.07) is 12.4. The van der Waals surface area contributed by atoms with Crippen LogP contribution in [-0.4, -0.2) is 39.6 Å². The van der Waals surface area contributed by atoms with E-state index in [4.69, 9.17) is 0 Å². The van der Waals surface area contributed by atoms with Gasteiger partial charge in [0.05, 0.1) is 24.3 Å². The van der Waals surface area contributed by atoms with Crippen molar-refractivity contribution in [2.75, 3.05) is 6.61 Å². The lowest BCUT2D eigenvalue weighted by molar-refractivity contribution is -0.00588. The molecule has 1 saturated heterocycles. The van der Waals surface area contributed by atoms with Crippen LogP contribution < -0.4 is 0 Å². The number of aromatic nitrogens is 1. The molecular formula is C20H19N3O2. The van der Waals surface area contributed by atoms with Crippen molar-refractivity contribution in [1.29, 1.82) is 5.26 Å². The van der Waals surface area contributed by atoms with Crippen molar-refractivity contribution in [2.45, 2.75) is 24.9 Å². The van der Waals surface area contributed by atoms with Crippen molar-refractivity contribution >= 4 is 12.0 Å². The van der Waals surface area contributed by atoms with Crippen molar-refractivity contribution < 1.29 is 9.90 Å². The smallest absolute Gasteiger partial charge is 0.256 e. The summed E-state index contributed by atoms with van der Waals surface area (Å²) in [5.74, 6) is -0.476. The van der Waals surface area contributed by atoms with Crippen LogP contribution in [0.5, 0.6) is 0 Å². The van der Waals surface area contributed by atoms with Crippen molar-refractivity contribution in [2.24, 2.45) is 0 Å². The van der Waals surface area contributed by atoms with Gasteiger partial charge in [0.15, 0.2) is 0 Å². The molecule has 126 valence electrons. The van der Waals surface area contributed by atoms with Crippen LogP contribution in [0.3, 0.4) is 0 Å². The standard InChI is InChI=1S/C20H19N3O2/c1-2-4-14-6-8-15(9-7-14)19-17(11-21)23(18(19)13-24)20(25)16-5-3-10-22-12-16/h2-10,12,17-19,24H,13H2,1H3/t17-,18-,19-/m1/s1. The maximum atomic E-state index is 12.7. The van der Waals surface area contributed by atoms with E-state index in [2.05, 4.69) is 11.1 Å². The molecule has 0 radical (unpaired) electrons. The van der Waals surface area contributed by atoms with Gasteiger partial charge in [-0.05, 0) is 30.2 Å². The zero-order chi connectivity index (χ0) is 17.8. The fourth-order valence-electron chi connectivity index (χ4n) is 3.35. The van der Waals surface area contributed by atoms with Crippen molar-refractivity contribution in [3.8, 4) is 6.07 Å². The normalized spacial score (nSPS) is 22.4. The molecule has 0 spiro atoms. The lowest BCUT2D eigenvalue weighted by Crippen LogP contribution is -2.65. The van der Waals surface area contributed by atoms with E-state index in [9.17, 15) is 15.2 Å². The Hall–Kier alpha value is -2.97. The summed E-state index contributed by atoms with van der Waals surface area (Å²) in [6.07, 6.45) is 7.02. The largest absolute Gasteiger partial charge is 0.394 e. The molecule has 0 unspecified atom stereocenters. The number of hydrogen-bond acceptors (Lipinski definition) is 4. The summed E-state index contributed by atoms with van der Waals surface area (Å²) in [6.45, 7) is 1.76. The number of allylic oxidation sites excluding steroid dienone is 1. The molecule has 25 heavy (non-hydrogen) atoms. The van der Waals surface area contributed by atoms with E-state index < -0.39 is 12.1 Å². The Balaban J connectivity index is 1.87. The van der Waals surface area contributed by atoms with Crippen LogP contribution >= 0.6 is 0 Å². The minimum Gasteiger partial charge on any atom is -0.394 e. The van der Waals surface area contributed by atoms with E-state index in [1.165, 1.54) is 11.1 Å². The highest BCUT2D eigenvalue weighted by Crippen LogP contribution is 2.41. The Kier molecular flexibility index (Phi) is 4.92. The molecule has 1 amide bonds. The lowest BCUT2D eigenvalue weighted by Gasteiger charge is -2.51. The van der Waals surface area contributed by atoms with E-state index in [1.54, 1.807) is 18.3 Å². The Bertz CT molecular complexity index is 809. The topological polar surface area (TPSA) is 77.2 Å². The van der Waals surface area contributed by atoms with Crippen LogP contribution in [0, 0.1) is 11.3 Å². The van der Waals surface area contributed by atoms with Crippen molar-refractivity contribution in [3.05, 3.63) is 71.6 Å². The van der Waals surface area contributed by atoms with Crippen LogP contribution in [-0.2, 0) is 0 Å². The zero-order valence-corrected chi connectivity index (χ0v) is 13.9. The van der Waals surface area contributed by atoms with Crippen LogP contribution in [0.2, 0.25) is 0 Å². The lowest BCUT2D eigenvalue weighted by atomic mass is 9.75. The molecule has 1 fully saturated rings. The highest BCUT2D eigenvalue weighted by Gasteiger charge is 2.51. The summed E-state index contributed by atoms with van der Waals surface area (Å²) in [7, 11) is 0. The number of benzene rings is 1. The molecule has 1 aliphatic heterocycles.